The number of ketones is 1. The molecule has 0 aromatic heterocycles. The molecule has 1 atom stereocenters. The van der Waals surface area contributed by atoms with Gasteiger partial charge in [0.15, 0.2) is 5.78 Å². The third-order valence-corrected chi connectivity index (χ3v) is 2.65. The molecule has 0 saturated heterocycles. The molecule has 1 nitrogen and oxygen atoms in total. The molecule has 1 aromatic carbocycles. The molecule has 0 aliphatic rings. The van der Waals surface area contributed by atoms with Crippen LogP contribution in [0, 0.1) is 5.41 Å². The molecule has 0 saturated carbocycles. The highest BCUT2D eigenvalue weighted by molar-refractivity contribution is 5.90. The van der Waals surface area contributed by atoms with E-state index in [4.69, 9.17) is 0 Å². The summed E-state index contributed by atoms with van der Waals surface area (Å²) >= 11 is 0. The molecule has 1 aromatic rings. The summed E-state index contributed by atoms with van der Waals surface area (Å²) in [7, 11) is 0. The van der Waals surface area contributed by atoms with E-state index < -0.39 is 0 Å². The van der Waals surface area contributed by atoms with Gasteiger partial charge >= 0.3 is 0 Å². The Labute approximate surface area is 105 Å². The molecule has 1 heteroatoms. The van der Waals surface area contributed by atoms with Crippen molar-refractivity contribution in [3.8, 4) is 0 Å². The fourth-order valence-electron chi connectivity index (χ4n) is 1.61. The van der Waals surface area contributed by atoms with Crippen LogP contribution in [-0.4, -0.2) is 5.78 Å². The summed E-state index contributed by atoms with van der Waals surface area (Å²) in [6.45, 7) is 8.38. The van der Waals surface area contributed by atoms with Crippen molar-refractivity contribution in [2.24, 2.45) is 5.41 Å². The van der Waals surface area contributed by atoms with Crippen molar-refractivity contribution in [2.75, 3.05) is 0 Å². The molecule has 0 aliphatic carbocycles. The molecule has 0 amide bonds. The van der Waals surface area contributed by atoms with Crippen molar-refractivity contribution in [1.82, 2.24) is 0 Å². The summed E-state index contributed by atoms with van der Waals surface area (Å²) in [6.07, 6.45) is 4.28. The van der Waals surface area contributed by atoms with Gasteiger partial charge in [-0.25, -0.2) is 0 Å². The summed E-state index contributed by atoms with van der Waals surface area (Å²) in [5, 5.41) is 0. The Kier molecular flexibility index (Phi) is 4.68. The smallest absolute Gasteiger partial charge is 0.155 e. The number of allylic oxidation sites excluding steroid dienone is 2. The Morgan fingerprint density at radius 2 is 1.82 bits per heavy atom. The summed E-state index contributed by atoms with van der Waals surface area (Å²) in [6, 6.07) is 10.2. The van der Waals surface area contributed by atoms with Crippen molar-refractivity contribution in [3.63, 3.8) is 0 Å². The lowest BCUT2D eigenvalue weighted by Gasteiger charge is -2.12. The minimum absolute atomic E-state index is 0.0750. The van der Waals surface area contributed by atoms with Crippen LogP contribution in [0.15, 0.2) is 42.5 Å². The van der Waals surface area contributed by atoms with E-state index in [9.17, 15) is 4.79 Å². The van der Waals surface area contributed by atoms with E-state index in [1.807, 2.05) is 24.3 Å². The first kappa shape index (κ1) is 13.7. The molecule has 0 heterocycles. The molecular formula is C16H22O. The van der Waals surface area contributed by atoms with Crippen LogP contribution in [-0.2, 0) is 4.79 Å². The van der Waals surface area contributed by atoms with Gasteiger partial charge in [-0.3, -0.25) is 4.79 Å². The van der Waals surface area contributed by atoms with Crippen LogP contribution in [0.3, 0.4) is 0 Å². The topological polar surface area (TPSA) is 17.1 Å². The van der Waals surface area contributed by atoms with E-state index in [2.05, 4.69) is 39.8 Å². The van der Waals surface area contributed by atoms with E-state index in [1.54, 1.807) is 6.08 Å². The highest BCUT2D eigenvalue weighted by Gasteiger charge is 2.10. The number of rotatable bonds is 4. The molecular weight excluding hydrogens is 208 g/mol. The van der Waals surface area contributed by atoms with E-state index in [0.717, 1.165) is 0 Å². The first-order chi connectivity index (χ1) is 7.88. The van der Waals surface area contributed by atoms with Crippen molar-refractivity contribution in [3.05, 3.63) is 48.0 Å². The number of hydrogen-bond donors (Lipinski definition) is 0. The number of carbonyl (C=O) groups is 1. The Morgan fingerprint density at radius 3 is 2.35 bits per heavy atom. The third-order valence-electron chi connectivity index (χ3n) is 2.65. The monoisotopic (exact) mass is 230 g/mol. The van der Waals surface area contributed by atoms with Crippen LogP contribution in [0.5, 0.6) is 0 Å². The van der Waals surface area contributed by atoms with Gasteiger partial charge in [0, 0.05) is 6.42 Å². The average molecular weight is 230 g/mol. The van der Waals surface area contributed by atoms with E-state index >= 15 is 0 Å². The summed E-state index contributed by atoms with van der Waals surface area (Å²) < 4.78 is 0. The fraction of sp³-hybridized carbons (Fsp3) is 0.438. The maximum atomic E-state index is 11.8. The van der Waals surface area contributed by atoms with Crippen LogP contribution >= 0.6 is 0 Å². The molecule has 0 bridgehead atoms. The largest absolute Gasteiger partial charge is 0.295 e. The molecule has 0 radical (unpaired) electrons. The van der Waals surface area contributed by atoms with E-state index in [0.29, 0.717) is 6.42 Å². The Morgan fingerprint density at radius 1 is 1.24 bits per heavy atom. The lowest BCUT2D eigenvalue weighted by molar-refractivity contribution is -0.114. The van der Waals surface area contributed by atoms with Gasteiger partial charge in [0.1, 0.15) is 0 Å². The maximum absolute atomic E-state index is 11.8. The molecule has 17 heavy (non-hydrogen) atoms. The predicted octanol–water partition coefficient (Wildman–Crippen LogP) is 4.35. The summed E-state index contributed by atoms with van der Waals surface area (Å²) in [5.41, 5.74) is 1.30. The Balaban J connectivity index is 2.56. The van der Waals surface area contributed by atoms with Crippen LogP contribution < -0.4 is 0 Å². The van der Waals surface area contributed by atoms with E-state index in [1.165, 1.54) is 5.56 Å². The van der Waals surface area contributed by atoms with Crippen LogP contribution in [0.4, 0.5) is 0 Å². The zero-order valence-electron chi connectivity index (χ0n) is 11.2. The first-order valence-electron chi connectivity index (χ1n) is 6.15. The minimum Gasteiger partial charge on any atom is -0.295 e. The second-order valence-corrected chi connectivity index (χ2v) is 5.68. The normalized spacial score (nSPS) is 13.9. The van der Waals surface area contributed by atoms with Crippen molar-refractivity contribution < 1.29 is 4.79 Å². The summed E-state index contributed by atoms with van der Waals surface area (Å²) in [4.78, 5) is 11.8. The van der Waals surface area contributed by atoms with Gasteiger partial charge in [0.2, 0.25) is 0 Å². The molecule has 1 unspecified atom stereocenters. The number of hydrogen-bond acceptors (Lipinski definition) is 1. The Bertz CT molecular complexity index is 382. The van der Waals surface area contributed by atoms with Gasteiger partial charge < -0.3 is 0 Å². The Hall–Kier alpha value is -1.37. The molecule has 1 rings (SSSR count). The maximum Gasteiger partial charge on any atom is 0.155 e. The SMILES string of the molecule is CC(CC(=O)/C=C/C(C)(C)C)c1ccccc1. The van der Waals surface area contributed by atoms with Crippen LogP contribution in [0.2, 0.25) is 0 Å². The zero-order valence-corrected chi connectivity index (χ0v) is 11.2. The van der Waals surface area contributed by atoms with Gasteiger partial charge in [-0.1, -0.05) is 64.1 Å². The van der Waals surface area contributed by atoms with Crippen molar-refractivity contribution >= 4 is 5.78 Å². The van der Waals surface area contributed by atoms with Gasteiger partial charge in [-0.05, 0) is 23.0 Å². The standard InChI is InChI=1S/C16H22O/c1-13(14-8-6-5-7-9-14)12-15(17)10-11-16(2,3)4/h5-11,13H,12H2,1-4H3/b11-10+. The number of benzene rings is 1. The predicted molar refractivity (Wildman–Crippen MR) is 73.1 cm³/mol. The first-order valence-corrected chi connectivity index (χ1v) is 6.15. The van der Waals surface area contributed by atoms with Gasteiger partial charge in [0.05, 0.1) is 0 Å². The number of carbonyl (C=O) groups excluding carboxylic acids is 1. The third kappa shape index (κ3) is 5.48. The molecule has 0 fully saturated rings. The average Bonchev–Trinajstić information content (AvgIpc) is 2.27. The lowest BCUT2D eigenvalue weighted by Crippen LogP contribution is -2.04. The highest BCUT2D eigenvalue weighted by atomic mass is 16.1. The second-order valence-electron chi connectivity index (χ2n) is 5.68. The van der Waals surface area contributed by atoms with Crippen molar-refractivity contribution in [2.45, 2.75) is 40.0 Å². The van der Waals surface area contributed by atoms with Crippen LogP contribution in [0.25, 0.3) is 0 Å². The van der Waals surface area contributed by atoms with Gasteiger partial charge in [0.25, 0.3) is 0 Å². The second kappa shape index (κ2) is 5.81. The quantitative estimate of drug-likeness (QED) is 0.703. The lowest BCUT2D eigenvalue weighted by atomic mass is 9.93. The molecule has 0 N–H and O–H groups in total. The highest BCUT2D eigenvalue weighted by Crippen LogP contribution is 2.20. The summed E-state index contributed by atoms with van der Waals surface area (Å²) in [5.74, 6) is 0.490. The molecule has 92 valence electrons. The van der Waals surface area contributed by atoms with Crippen LogP contribution in [0.1, 0.15) is 45.6 Å². The van der Waals surface area contributed by atoms with Gasteiger partial charge in [-0.2, -0.15) is 0 Å². The molecule has 0 spiro atoms. The zero-order chi connectivity index (χ0) is 12.9. The van der Waals surface area contributed by atoms with E-state index in [-0.39, 0.29) is 17.1 Å². The minimum atomic E-state index is 0.0750. The van der Waals surface area contributed by atoms with Crippen molar-refractivity contribution in [1.29, 1.82) is 0 Å². The fourth-order valence-corrected chi connectivity index (χ4v) is 1.61. The van der Waals surface area contributed by atoms with Gasteiger partial charge in [-0.15, -0.1) is 0 Å². The molecule has 0 aliphatic heterocycles.